The Morgan fingerprint density at radius 3 is 3.00 bits per heavy atom. The highest BCUT2D eigenvalue weighted by Crippen LogP contribution is 2.17. The summed E-state index contributed by atoms with van der Waals surface area (Å²) in [6.07, 6.45) is 1.61. The first-order valence-corrected chi connectivity index (χ1v) is 3.28. The van der Waals surface area contributed by atoms with Crippen LogP contribution in [0.2, 0.25) is 0 Å². The normalized spacial score (nSPS) is 17.5. The van der Waals surface area contributed by atoms with Crippen molar-refractivity contribution in [3.8, 4) is 0 Å². The van der Waals surface area contributed by atoms with Gasteiger partial charge in [-0.2, -0.15) is 10.2 Å². The second kappa shape index (κ2) is 1.86. The van der Waals surface area contributed by atoms with Crippen LogP contribution in [-0.2, 0) is 6.54 Å². The Morgan fingerprint density at radius 2 is 2.36 bits per heavy atom. The van der Waals surface area contributed by atoms with Crippen molar-refractivity contribution in [1.29, 1.82) is 0 Å². The molecule has 6 nitrogen and oxygen atoms in total. The number of hydrogen-bond acceptors (Lipinski definition) is 5. The van der Waals surface area contributed by atoms with Gasteiger partial charge in [0, 0.05) is 7.05 Å². The summed E-state index contributed by atoms with van der Waals surface area (Å²) in [6.45, 7) is 0.711. The molecule has 6 heteroatoms. The van der Waals surface area contributed by atoms with Crippen LogP contribution < -0.4 is 16.8 Å². The van der Waals surface area contributed by atoms with Crippen molar-refractivity contribution in [2.24, 2.45) is 5.84 Å². The van der Waals surface area contributed by atoms with Crippen molar-refractivity contribution < 1.29 is 0 Å². The minimum absolute atomic E-state index is 0.546. The Bertz CT molecular complexity index is 279. The molecule has 0 aliphatic carbocycles. The molecule has 1 aliphatic rings. The maximum Gasteiger partial charge on any atom is 0.148 e. The first-order valence-electron chi connectivity index (χ1n) is 3.28. The zero-order valence-corrected chi connectivity index (χ0v) is 6.23. The molecule has 0 atom stereocenters. The third kappa shape index (κ3) is 0.702. The van der Waals surface area contributed by atoms with Gasteiger partial charge in [-0.3, -0.25) is 0 Å². The predicted molar refractivity (Wildman–Crippen MR) is 40.5 cm³/mol. The van der Waals surface area contributed by atoms with Gasteiger partial charge in [-0.05, 0) is 0 Å². The van der Waals surface area contributed by atoms with E-state index in [0.717, 1.165) is 5.69 Å². The Morgan fingerprint density at radius 1 is 1.64 bits per heavy atom. The standard InChI is InChI=1S/C5H10N6/c1-9-2-4-5(6)8-3-10(4)11(9)7/h3H,2,6-7H2,1H3. The van der Waals surface area contributed by atoms with E-state index in [1.54, 1.807) is 11.0 Å². The number of nitrogen functional groups attached to an aromatic ring is 1. The molecule has 0 radical (unpaired) electrons. The maximum absolute atomic E-state index is 5.63. The Hall–Kier alpha value is -1.27. The van der Waals surface area contributed by atoms with Crippen LogP contribution in [0.1, 0.15) is 5.69 Å². The number of anilines is 1. The lowest BCUT2D eigenvalue weighted by Crippen LogP contribution is -2.46. The molecule has 0 fully saturated rings. The van der Waals surface area contributed by atoms with Crippen molar-refractivity contribution in [2.75, 3.05) is 18.0 Å². The number of nitrogens with two attached hydrogens (primary N) is 2. The molecule has 1 aliphatic heterocycles. The van der Waals surface area contributed by atoms with E-state index in [-0.39, 0.29) is 0 Å². The molecule has 2 heterocycles. The van der Waals surface area contributed by atoms with Gasteiger partial charge in [-0.1, -0.05) is 0 Å². The maximum atomic E-state index is 5.63. The van der Waals surface area contributed by atoms with Crippen LogP contribution in [0.4, 0.5) is 5.82 Å². The second-order valence-corrected chi connectivity index (χ2v) is 2.56. The fourth-order valence-corrected chi connectivity index (χ4v) is 1.16. The topological polar surface area (TPSA) is 76.3 Å². The largest absolute Gasteiger partial charge is 0.382 e. The lowest BCUT2D eigenvalue weighted by Gasteiger charge is -2.19. The van der Waals surface area contributed by atoms with Crippen molar-refractivity contribution in [3.05, 3.63) is 12.0 Å². The zero-order chi connectivity index (χ0) is 8.01. The lowest BCUT2D eigenvalue weighted by molar-refractivity contribution is 0.280. The molecule has 0 amide bonds. The van der Waals surface area contributed by atoms with Crippen molar-refractivity contribution >= 4 is 5.82 Å². The number of nitrogens with zero attached hydrogens (tertiary/aromatic N) is 4. The summed E-state index contributed by atoms with van der Waals surface area (Å²) in [5.41, 5.74) is 6.52. The molecule has 0 bridgehead atoms. The fourth-order valence-electron chi connectivity index (χ4n) is 1.16. The summed E-state index contributed by atoms with van der Waals surface area (Å²) in [5, 5.41) is 3.31. The van der Waals surface area contributed by atoms with Crippen LogP contribution in [0.3, 0.4) is 0 Å². The molecule has 60 valence electrons. The average molecular weight is 154 g/mol. The third-order valence-electron chi connectivity index (χ3n) is 1.83. The van der Waals surface area contributed by atoms with Crippen LogP contribution in [0, 0.1) is 0 Å². The van der Waals surface area contributed by atoms with E-state index in [1.165, 1.54) is 5.23 Å². The minimum atomic E-state index is 0.546. The molecular weight excluding hydrogens is 144 g/mol. The third-order valence-corrected chi connectivity index (χ3v) is 1.83. The summed E-state index contributed by atoms with van der Waals surface area (Å²) in [4.78, 5) is 3.92. The quantitative estimate of drug-likeness (QED) is 0.451. The molecule has 11 heavy (non-hydrogen) atoms. The van der Waals surface area contributed by atoms with Crippen LogP contribution in [0.25, 0.3) is 0 Å². The molecule has 4 N–H and O–H groups in total. The highest BCUT2D eigenvalue weighted by Gasteiger charge is 2.23. The van der Waals surface area contributed by atoms with Crippen LogP contribution in [-0.4, -0.2) is 21.7 Å². The van der Waals surface area contributed by atoms with Gasteiger partial charge in [0.25, 0.3) is 0 Å². The molecular formula is C5H10N6. The smallest absolute Gasteiger partial charge is 0.148 e. The highest BCUT2D eigenvalue weighted by molar-refractivity contribution is 5.37. The molecule has 0 unspecified atom stereocenters. The number of rotatable bonds is 0. The van der Waals surface area contributed by atoms with Gasteiger partial charge in [0.2, 0.25) is 0 Å². The Kier molecular flexibility index (Phi) is 1.09. The predicted octanol–water partition coefficient (Wildman–Crippen LogP) is -1.36. The van der Waals surface area contributed by atoms with Crippen LogP contribution >= 0.6 is 0 Å². The molecule has 2 rings (SSSR count). The zero-order valence-electron chi connectivity index (χ0n) is 6.23. The highest BCUT2D eigenvalue weighted by atomic mass is 15.9. The van der Waals surface area contributed by atoms with E-state index in [4.69, 9.17) is 11.6 Å². The number of hydrogen-bond donors (Lipinski definition) is 2. The van der Waals surface area contributed by atoms with Gasteiger partial charge < -0.3 is 5.73 Å². The van der Waals surface area contributed by atoms with Crippen molar-refractivity contribution in [3.63, 3.8) is 0 Å². The van der Waals surface area contributed by atoms with Crippen LogP contribution in [0.5, 0.6) is 0 Å². The first kappa shape index (κ1) is 6.44. The average Bonchev–Trinajstić information content (AvgIpc) is 2.43. The van der Waals surface area contributed by atoms with Gasteiger partial charge in [-0.15, -0.1) is 0 Å². The first-order chi connectivity index (χ1) is 5.20. The van der Waals surface area contributed by atoms with Gasteiger partial charge >= 0.3 is 0 Å². The van der Waals surface area contributed by atoms with E-state index >= 15 is 0 Å². The summed E-state index contributed by atoms with van der Waals surface area (Å²) >= 11 is 0. The molecule has 0 saturated heterocycles. The lowest BCUT2D eigenvalue weighted by atomic mass is 10.4. The van der Waals surface area contributed by atoms with E-state index in [2.05, 4.69) is 4.98 Å². The van der Waals surface area contributed by atoms with Gasteiger partial charge in [0.15, 0.2) is 0 Å². The Balaban J connectivity index is 2.47. The molecule has 1 aromatic rings. The molecule has 0 aromatic carbocycles. The van der Waals surface area contributed by atoms with E-state index < -0.39 is 0 Å². The van der Waals surface area contributed by atoms with Gasteiger partial charge in [0.05, 0.1) is 6.54 Å². The SMILES string of the molecule is CN1Cc2c(N)ncn2N1N. The summed E-state index contributed by atoms with van der Waals surface area (Å²) in [5.74, 6) is 6.18. The van der Waals surface area contributed by atoms with Crippen LogP contribution in [0.15, 0.2) is 6.33 Å². The second-order valence-electron chi connectivity index (χ2n) is 2.56. The van der Waals surface area contributed by atoms with Crippen molar-refractivity contribution in [2.45, 2.75) is 6.54 Å². The van der Waals surface area contributed by atoms with Gasteiger partial charge in [-0.25, -0.2) is 15.5 Å². The van der Waals surface area contributed by atoms with E-state index in [9.17, 15) is 0 Å². The summed E-state index contributed by atoms with van der Waals surface area (Å²) in [7, 11) is 1.88. The molecule has 0 saturated carbocycles. The monoisotopic (exact) mass is 154 g/mol. The molecule has 1 aromatic heterocycles. The number of aromatic nitrogens is 2. The fraction of sp³-hybridized carbons (Fsp3) is 0.400. The summed E-state index contributed by atoms with van der Waals surface area (Å²) in [6, 6.07) is 0. The molecule has 0 spiro atoms. The number of hydrazine groups is 2. The van der Waals surface area contributed by atoms with E-state index in [1.807, 2.05) is 12.1 Å². The minimum Gasteiger partial charge on any atom is -0.382 e. The van der Waals surface area contributed by atoms with Gasteiger partial charge in [0.1, 0.15) is 17.8 Å². The number of fused-ring (bicyclic) bond motifs is 1. The number of imidazole rings is 1. The summed E-state index contributed by atoms with van der Waals surface area (Å²) < 4.78 is 1.72. The Labute approximate surface area is 63.9 Å². The van der Waals surface area contributed by atoms with E-state index in [0.29, 0.717) is 12.4 Å². The van der Waals surface area contributed by atoms with Crippen molar-refractivity contribution in [1.82, 2.24) is 14.7 Å².